The monoisotopic (exact) mass is 548 g/mol. The van der Waals surface area contributed by atoms with Crippen molar-refractivity contribution in [2.24, 2.45) is 9.98 Å². The molecule has 7 nitrogen and oxygen atoms in total. The van der Waals surface area contributed by atoms with Crippen LogP contribution in [0.1, 0.15) is 31.8 Å². The number of hydrogen-bond donors (Lipinski definition) is 1. The molecule has 2 heterocycles. The van der Waals surface area contributed by atoms with Crippen LogP contribution in [0.2, 0.25) is 5.02 Å². The lowest BCUT2D eigenvalue weighted by atomic mass is 10.0. The number of amidine groups is 1. The van der Waals surface area contributed by atoms with Crippen molar-refractivity contribution in [1.29, 1.82) is 0 Å². The first-order valence-electron chi connectivity index (χ1n) is 10.8. The maximum Gasteiger partial charge on any atom is 0.261 e. The lowest BCUT2D eigenvalue weighted by molar-refractivity contribution is -0.118. The van der Waals surface area contributed by atoms with Gasteiger partial charge in [-0.05, 0) is 36.4 Å². The van der Waals surface area contributed by atoms with Crippen molar-refractivity contribution in [2.75, 3.05) is 19.6 Å². The van der Waals surface area contributed by atoms with Crippen LogP contribution >= 0.6 is 27.5 Å². The molecular formula is C26H18BrClN4O3. The molecule has 0 unspecified atom stereocenters. The van der Waals surface area contributed by atoms with E-state index >= 15 is 0 Å². The lowest BCUT2D eigenvalue weighted by Crippen LogP contribution is -2.40. The summed E-state index contributed by atoms with van der Waals surface area (Å²) in [7, 11) is 0. The zero-order chi connectivity index (χ0) is 24.5. The summed E-state index contributed by atoms with van der Waals surface area (Å²) in [5.41, 5.74) is 3.61. The highest BCUT2D eigenvalue weighted by Crippen LogP contribution is 2.30. The van der Waals surface area contributed by atoms with Crippen LogP contribution < -0.4 is 5.32 Å². The fourth-order valence-electron chi connectivity index (χ4n) is 4.01. The molecule has 0 atom stereocenters. The smallest absolute Gasteiger partial charge is 0.261 e. The van der Waals surface area contributed by atoms with Gasteiger partial charge in [-0.2, -0.15) is 0 Å². The maximum absolute atomic E-state index is 12.7. The van der Waals surface area contributed by atoms with Crippen LogP contribution in [0.15, 0.2) is 81.2 Å². The lowest BCUT2D eigenvalue weighted by Gasteiger charge is -2.13. The first-order valence-corrected chi connectivity index (χ1v) is 12.0. The van der Waals surface area contributed by atoms with Gasteiger partial charge in [0.05, 0.1) is 42.2 Å². The van der Waals surface area contributed by atoms with E-state index in [2.05, 4.69) is 26.2 Å². The molecular weight excluding hydrogens is 532 g/mol. The number of halogens is 2. The average molecular weight is 550 g/mol. The minimum atomic E-state index is -0.460. The van der Waals surface area contributed by atoms with E-state index in [1.165, 1.54) is 0 Å². The summed E-state index contributed by atoms with van der Waals surface area (Å²) in [6.45, 7) is -0.220. The highest BCUT2D eigenvalue weighted by molar-refractivity contribution is 9.10. The zero-order valence-corrected chi connectivity index (χ0v) is 20.6. The van der Waals surface area contributed by atoms with Crippen molar-refractivity contribution < 1.29 is 14.4 Å². The third-order valence-corrected chi connectivity index (χ3v) is 6.51. The van der Waals surface area contributed by atoms with Crippen LogP contribution in [0.25, 0.3) is 0 Å². The minimum absolute atomic E-state index is 0.105. The van der Waals surface area contributed by atoms with Gasteiger partial charge in [-0.3, -0.25) is 24.3 Å². The predicted octanol–water partition coefficient (Wildman–Crippen LogP) is 4.44. The van der Waals surface area contributed by atoms with Crippen LogP contribution in [0.4, 0.5) is 5.69 Å². The summed E-state index contributed by atoms with van der Waals surface area (Å²) >= 11 is 9.92. The van der Waals surface area contributed by atoms with Crippen LogP contribution in [-0.2, 0) is 4.79 Å². The molecule has 0 aliphatic carbocycles. The second-order valence-electron chi connectivity index (χ2n) is 8.00. The number of ketones is 1. The number of rotatable bonds is 5. The molecule has 0 bridgehead atoms. The third-order valence-electron chi connectivity index (χ3n) is 5.69. The van der Waals surface area contributed by atoms with E-state index in [-0.39, 0.29) is 25.4 Å². The number of hydrogen-bond acceptors (Lipinski definition) is 6. The van der Waals surface area contributed by atoms with Crippen LogP contribution in [0.3, 0.4) is 0 Å². The largest absolute Gasteiger partial charge is 0.365 e. The molecule has 5 rings (SSSR count). The zero-order valence-electron chi connectivity index (χ0n) is 18.3. The van der Waals surface area contributed by atoms with E-state index in [0.29, 0.717) is 33.4 Å². The summed E-state index contributed by atoms with van der Waals surface area (Å²) in [5.74, 6) is -0.754. The third kappa shape index (κ3) is 4.54. The Kier molecular flexibility index (Phi) is 6.32. The van der Waals surface area contributed by atoms with Gasteiger partial charge in [0.25, 0.3) is 11.8 Å². The molecule has 2 aliphatic heterocycles. The highest BCUT2D eigenvalue weighted by atomic mass is 79.9. The van der Waals surface area contributed by atoms with Gasteiger partial charge >= 0.3 is 0 Å². The molecule has 2 aliphatic rings. The van der Waals surface area contributed by atoms with Crippen molar-refractivity contribution >= 4 is 62.4 Å². The molecule has 0 saturated carbocycles. The number of Topliss-reactive ketones (excluding diaryl/α,β-unsaturated/α-hetero) is 1. The first kappa shape index (κ1) is 23.1. The standard InChI is InChI=1S/C26H18BrClN4O3/c27-15-9-10-20-22(11-15)31-23(13-30-24(20)19-7-3-4-8-21(19)28)29-12-16(33)14-32-25(34)17-5-1-2-6-18(17)26(32)35/h1-11H,12-14H2,(H,29,31). The fraction of sp³-hybridized carbons (Fsp3) is 0.115. The Balaban J connectivity index is 1.33. The Morgan fingerprint density at radius 3 is 2.29 bits per heavy atom. The second kappa shape index (κ2) is 9.56. The Morgan fingerprint density at radius 1 is 0.943 bits per heavy atom. The van der Waals surface area contributed by atoms with E-state index in [4.69, 9.17) is 16.6 Å². The maximum atomic E-state index is 12.7. The number of imide groups is 1. The fourth-order valence-corrected chi connectivity index (χ4v) is 4.59. The quantitative estimate of drug-likeness (QED) is 0.477. The van der Waals surface area contributed by atoms with Gasteiger partial charge in [0, 0.05) is 20.6 Å². The van der Waals surface area contributed by atoms with Crippen LogP contribution in [0.5, 0.6) is 0 Å². The minimum Gasteiger partial charge on any atom is -0.365 e. The van der Waals surface area contributed by atoms with Crippen molar-refractivity contribution in [1.82, 2.24) is 10.2 Å². The molecule has 0 spiro atoms. The molecule has 9 heteroatoms. The normalized spacial score (nSPS) is 14.6. The van der Waals surface area contributed by atoms with Gasteiger partial charge in [0.1, 0.15) is 5.84 Å². The molecule has 0 saturated heterocycles. The average Bonchev–Trinajstić information content (AvgIpc) is 2.98. The molecule has 174 valence electrons. The summed E-state index contributed by atoms with van der Waals surface area (Å²) in [6.07, 6.45) is 0. The number of benzene rings is 3. The molecule has 0 radical (unpaired) electrons. The number of fused-ring (bicyclic) bond motifs is 2. The van der Waals surface area contributed by atoms with Gasteiger partial charge in [-0.1, -0.05) is 57.9 Å². The number of amides is 2. The predicted molar refractivity (Wildman–Crippen MR) is 138 cm³/mol. The Bertz CT molecular complexity index is 1420. The topological polar surface area (TPSA) is 91.2 Å². The molecule has 3 aromatic rings. The SMILES string of the molecule is O=C(CNC1=Nc2cc(Br)ccc2C(c2ccccc2Cl)=NC1)CN1C(=O)c2ccccc2C1=O. The van der Waals surface area contributed by atoms with E-state index < -0.39 is 11.8 Å². The molecule has 0 aromatic heterocycles. The summed E-state index contributed by atoms with van der Waals surface area (Å²) in [5, 5.41) is 3.61. The van der Waals surface area contributed by atoms with Crippen molar-refractivity contribution in [3.8, 4) is 0 Å². The Labute approximate surface area is 214 Å². The highest BCUT2D eigenvalue weighted by Gasteiger charge is 2.36. The number of aliphatic imine (C=N–C) groups is 2. The van der Waals surface area contributed by atoms with Crippen molar-refractivity contribution in [3.05, 3.63) is 98.5 Å². The van der Waals surface area contributed by atoms with Crippen LogP contribution in [-0.4, -0.2) is 53.7 Å². The Morgan fingerprint density at radius 2 is 1.60 bits per heavy atom. The number of nitrogens with zero attached hydrogens (tertiary/aromatic N) is 3. The molecule has 1 N–H and O–H groups in total. The summed E-state index contributed by atoms with van der Waals surface area (Å²) < 4.78 is 0.849. The number of nitrogens with one attached hydrogen (secondary N) is 1. The van der Waals surface area contributed by atoms with Gasteiger partial charge < -0.3 is 5.32 Å². The van der Waals surface area contributed by atoms with Crippen molar-refractivity contribution in [3.63, 3.8) is 0 Å². The molecule has 3 aromatic carbocycles. The van der Waals surface area contributed by atoms with Crippen LogP contribution in [0, 0.1) is 0 Å². The summed E-state index contributed by atoms with van der Waals surface area (Å²) in [4.78, 5) is 48.1. The van der Waals surface area contributed by atoms with E-state index in [1.807, 2.05) is 36.4 Å². The van der Waals surface area contributed by atoms with Crippen molar-refractivity contribution in [2.45, 2.75) is 0 Å². The number of carbonyl (C=O) groups is 3. The number of carbonyl (C=O) groups excluding carboxylic acids is 3. The van der Waals surface area contributed by atoms with E-state index in [1.54, 1.807) is 30.3 Å². The molecule has 2 amide bonds. The molecule has 35 heavy (non-hydrogen) atoms. The van der Waals surface area contributed by atoms with E-state index in [9.17, 15) is 14.4 Å². The van der Waals surface area contributed by atoms with Gasteiger partial charge in [-0.15, -0.1) is 0 Å². The second-order valence-corrected chi connectivity index (χ2v) is 9.32. The van der Waals surface area contributed by atoms with Gasteiger partial charge in [0.15, 0.2) is 5.78 Å². The van der Waals surface area contributed by atoms with Gasteiger partial charge in [-0.25, -0.2) is 4.99 Å². The van der Waals surface area contributed by atoms with Gasteiger partial charge in [0.2, 0.25) is 0 Å². The Hall–Kier alpha value is -3.62. The molecule has 0 fully saturated rings. The van der Waals surface area contributed by atoms with E-state index in [0.717, 1.165) is 20.5 Å². The summed E-state index contributed by atoms with van der Waals surface area (Å²) in [6, 6.07) is 19.7. The first-order chi connectivity index (χ1) is 16.9.